The maximum Gasteiger partial charge on any atom is 0.0821 e. The van der Waals surface area contributed by atoms with Crippen LogP contribution in [0.1, 0.15) is 17.0 Å². The molecule has 0 aromatic heterocycles. The Balaban J connectivity index is 2.21. The lowest BCUT2D eigenvalue weighted by atomic mass is 9.98. The molecule has 3 heteroatoms. The zero-order chi connectivity index (χ0) is 14.5. The summed E-state index contributed by atoms with van der Waals surface area (Å²) in [4.78, 5) is 2.75. The number of hydrogen-bond donors (Lipinski definition) is 1. The average molecular weight is 284 g/mol. The van der Waals surface area contributed by atoms with Gasteiger partial charge in [0.05, 0.1) is 10.9 Å². The van der Waals surface area contributed by atoms with Crippen LogP contribution in [0, 0.1) is 6.92 Å². The maximum atomic E-state index is 5.94. The van der Waals surface area contributed by atoms with Crippen molar-refractivity contribution in [3.63, 3.8) is 0 Å². The first-order valence-electron chi connectivity index (χ1n) is 6.70. The lowest BCUT2D eigenvalue weighted by Crippen LogP contribution is -2.32. The van der Waals surface area contributed by atoms with Crippen LogP contribution in [0.25, 0.3) is 0 Å². The molecule has 0 bridgehead atoms. The highest BCUT2D eigenvalue weighted by atomic mass is 32.1. The van der Waals surface area contributed by atoms with Gasteiger partial charge < -0.3 is 10.6 Å². The second-order valence-electron chi connectivity index (χ2n) is 5.03. The molecular formula is C17H20N2S. The van der Waals surface area contributed by atoms with E-state index in [1.54, 1.807) is 0 Å². The van der Waals surface area contributed by atoms with E-state index < -0.39 is 0 Å². The molecule has 20 heavy (non-hydrogen) atoms. The van der Waals surface area contributed by atoms with Crippen LogP contribution in [-0.2, 0) is 0 Å². The lowest BCUT2D eigenvalue weighted by Gasteiger charge is -2.26. The Morgan fingerprint density at radius 3 is 2.30 bits per heavy atom. The predicted molar refractivity (Wildman–Crippen MR) is 90.4 cm³/mol. The first-order valence-corrected chi connectivity index (χ1v) is 7.11. The molecule has 1 atom stereocenters. The monoisotopic (exact) mass is 284 g/mol. The zero-order valence-electron chi connectivity index (χ0n) is 11.9. The predicted octanol–water partition coefficient (Wildman–Crippen LogP) is 3.50. The number of nitrogens with two attached hydrogens (primary N) is 1. The topological polar surface area (TPSA) is 29.3 Å². The molecule has 2 nitrogen and oxygen atoms in total. The number of hydrogen-bond acceptors (Lipinski definition) is 2. The van der Waals surface area contributed by atoms with Gasteiger partial charge in [-0.25, -0.2) is 0 Å². The summed E-state index contributed by atoms with van der Waals surface area (Å²) in [5.41, 5.74) is 9.57. The fourth-order valence-electron chi connectivity index (χ4n) is 2.41. The fraction of sp³-hybridized carbons (Fsp3) is 0.235. The second-order valence-corrected chi connectivity index (χ2v) is 5.50. The second kappa shape index (κ2) is 6.53. The zero-order valence-corrected chi connectivity index (χ0v) is 12.7. The Morgan fingerprint density at radius 1 is 1.10 bits per heavy atom. The number of thiocarbonyl (C=S) groups is 1. The first kappa shape index (κ1) is 14.5. The molecular weight excluding hydrogens is 264 g/mol. The third kappa shape index (κ3) is 3.36. The van der Waals surface area contributed by atoms with Gasteiger partial charge in [-0.2, -0.15) is 0 Å². The van der Waals surface area contributed by atoms with Crippen molar-refractivity contribution in [3.8, 4) is 0 Å². The van der Waals surface area contributed by atoms with Crippen molar-refractivity contribution in [1.82, 2.24) is 0 Å². The molecule has 0 aliphatic rings. The van der Waals surface area contributed by atoms with Crippen LogP contribution in [0.15, 0.2) is 54.6 Å². The van der Waals surface area contributed by atoms with Gasteiger partial charge in [0.25, 0.3) is 0 Å². The van der Waals surface area contributed by atoms with Crippen LogP contribution >= 0.6 is 12.2 Å². The Hall–Kier alpha value is -1.87. The van der Waals surface area contributed by atoms with Crippen LogP contribution in [0.5, 0.6) is 0 Å². The third-order valence-corrected chi connectivity index (χ3v) is 3.81. The van der Waals surface area contributed by atoms with Crippen LogP contribution in [-0.4, -0.2) is 18.6 Å². The number of anilines is 1. The van der Waals surface area contributed by atoms with Gasteiger partial charge in [0.15, 0.2) is 0 Å². The summed E-state index contributed by atoms with van der Waals surface area (Å²) in [5.74, 6) is 0.0656. The molecule has 0 aliphatic heterocycles. The normalized spacial score (nSPS) is 11.9. The quantitative estimate of drug-likeness (QED) is 0.852. The van der Waals surface area contributed by atoms with Gasteiger partial charge in [-0.05, 0) is 24.1 Å². The van der Waals surface area contributed by atoms with Gasteiger partial charge in [0.2, 0.25) is 0 Å². The van der Waals surface area contributed by atoms with E-state index in [9.17, 15) is 0 Å². The van der Waals surface area contributed by atoms with Crippen molar-refractivity contribution in [1.29, 1.82) is 0 Å². The minimum Gasteiger partial charge on any atom is -0.393 e. The van der Waals surface area contributed by atoms with E-state index in [4.69, 9.17) is 18.0 Å². The number of rotatable bonds is 5. The summed E-state index contributed by atoms with van der Waals surface area (Å²) in [6, 6.07) is 18.5. The van der Waals surface area contributed by atoms with Crippen molar-refractivity contribution < 1.29 is 0 Å². The number of likely N-dealkylation sites (N-methyl/N-ethyl adjacent to an activating group) is 1. The van der Waals surface area contributed by atoms with E-state index in [0.717, 1.165) is 6.54 Å². The molecule has 2 rings (SSSR count). The molecule has 0 heterocycles. The molecule has 0 spiro atoms. The fourth-order valence-corrected chi connectivity index (χ4v) is 2.62. The standard InChI is InChI=1S/C17H20N2S/c1-13-8-6-7-11-16(13)19(2)12-15(17(18)20)14-9-4-3-5-10-14/h3-11,15H,12H2,1-2H3,(H2,18,20). The van der Waals surface area contributed by atoms with Gasteiger partial charge in [-0.3, -0.25) is 0 Å². The minimum absolute atomic E-state index is 0.0656. The molecule has 0 fully saturated rings. The highest BCUT2D eigenvalue weighted by molar-refractivity contribution is 7.80. The SMILES string of the molecule is Cc1ccccc1N(C)CC(C(N)=S)c1ccccc1. The molecule has 2 aromatic rings. The highest BCUT2D eigenvalue weighted by Crippen LogP contribution is 2.23. The Kier molecular flexibility index (Phi) is 4.74. The maximum absolute atomic E-state index is 5.94. The molecule has 0 aliphatic carbocycles. The smallest absolute Gasteiger partial charge is 0.0821 e. The van der Waals surface area contributed by atoms with E-state index in [-0.39, 0.29) is 5.92 Å². The van der Waals surface area contributed by atoms with Crippen LogP contribution in [0.3, 0.4) is 0 Å². The van der Waals surface area contributed by atoms with Gasteiger partial charge in [0.1, 0.15) is 0 Å². The molecule has 0 radical (unpaired) electrons. The van der Waals surface area contributed by atoms with Crippen molar-refractivity contribution in [2.24, 2.45) is 5.73 Å². The molecule has 2 aromatic carbocycles. The Morgan fingerprint density at radius 2 is 1.70 bits per heavy atom. The molecule has 104 valence electrons. The van der Waals surface area contributed by atoms with Gasteiger partial charge in [-0.15, -0.1) is 0 Å². The van der Waals surface area contributed by atoms with Gasteiger partial charge in [0, 0.05) is 19.3 Å². The average Bonchev–Trinajstić information content (AvgIpc) is 2.45. The van der Waals surface area contributed by atoms with Gasteiger partial charge >= 0.3 is 0 Å². The molecule has 2 N–H and O–H groups in total. The summed E-state index contributed by atoms with van der Waals surface area (Å²) in [6.45, 7) is 2.90. The van der Waals surface area contributed by atoms with Crippen LogP contribution in [0.2, 0.25) is 0 Å². The number of para-hydroxylation sites is 1. The number of benzene rings is 2. The molecule has 1 unspecified atom stereocenters. The number of aryl methyl sites for hydroxylation is 1. The Labute approximate surface area is 126 Å². The van der Waals surface area contributed by atoms with Crippen LogP contribution < -0.4 is 10.6 Å². The summed E-state index contributed by atoms with van der Waals surface area (Å²) in [5, 5.41) is 0. The first-order chi connectivity index (χ1) is 9.59. The largest absolute Gasteiger partial charge is 0.393 e. The van der Waals surface area contributed by atoms with E-state index in [1.165, 1.54) is 16.8 Å². The van der Waals surface area contributed by atoms with E-state index in [2.05, 4.69) is 55.3 Å². The highest BCUT2D eigenvalue weighted by Gasteiger charge is 2.17. The minimum atomic E-state index is 0.0656. The number of nitrogens with zero attached hydrogens (tertiary/aromatic N) is 1. The molecule has 0 saturated carbocycles. The van der Waals surface area contributed by atoms with Crippen LogP contribution in [0.4, 0.5) is 5.69 Å². The van der Waals surface area contributed by atoms with Crippen molar-refractivity contribution in [2.45, 2.75) is 12.8 Å². The lowest BCUT2D eigenvalue weighted by molar-refractivity contribution is 0.823. The molecule has 0 saturated heterocycles. The van der Waals surface area contributed by atoms with Gasteiger partial charge in [-0.1, -0.05) is 60.7 Å². The third-order valence-electron chi connectivity index (χ3n) is 3.53. The van der Waals surface area contributed by atoms with E-state index >= 15 is 0 Å². The van der Waals surface area contributed by atoms with Crippen molar-refractivity contribution in [2.75, 3.05) is 18.5 Å². The van der Waals surface area contributed by atoms with Crippen molar-refractivity contribution >= 4 is 22.9 Å². The summed E-state index contributed by atoms with van der Waals surface area (Å²) in [6.07, 6.45) is 0. The summed E-state index contributed by atoms with van der Waals surface area (Å²) < 4.78 is 0. The summed E-state index contributed by atoms with van der Waals surface area (Å²) in [7, 11) is 2.08. The van der Waals surface area contributed by atoms with E-state index in [0.29, 0.717) is 4.99 Å². The molecule has 0 amide bonds. The Bertz CT molecular complexity index is 581. The summed E-state index contributed by atoms with van der Waals surface area (Å²) >= 11 is 5.25. The van der Waals surface area contributed by atoms with E-state index in [1.807, 2.05) is 18.2 Å². The van der Waals surface area contributed by atoms with Crippen molar-refractivity contribution in [3.05, 3.63) is 65.7 Å².